The Kier molecular flexibility index (Phi) is 3.24. The molecule has 2 atom stereocenters. The number of rotatable bonds is 3. The van der Waals surface area contributed by atoms with Crippen molar-refractivity contribution in [2.45, 2.75) is 83.7 Å². The van der Waals surface area contributed by atoms with Crippen molar-refractivity contribution in [3.05, 3.63) is 15.6 Å². The van der Waals surface area contributed by atoms with E-state index in [0.29, 0.717) is 5.41 Å². The van der Waals surface area contributed by atoms with E-state index in [4.69, 9.17) is 4.98 Å². The number of aromatic nitrogens is 1. The maximum Gasteiger partial charge on any atom is 0.113 e. The molecule has 2 nitrogen and oxygen atoms in total. The van der Waals surface area contributed by atoms with Gasteiger partial charge in [-0.05, 0) is 62.7 Å². The molecular formula is C18H28N2S. The fourth-order valence-electron chi connectivity index (χ4n) is 4.92. The molecule has 0 radical (unpaired) electrons. The van der Waals surface area contributed by atoms with Crippen LogP contribution < -0.4 is 5.32 Å². The molecule has 0 aliphatic heterocycles. The zero-order chi connectivity index (χ0) is 14.7. The molecule has 0 amide bonds. The molecule has 21 heavy (non-hydrogen) atoms. The Balaban J connectivity index is 1.71. The SMILES string of the molecule is CC1CC(C)(C)CC(NC2CC2)(c2nc3c(s2)CCC3)C1. The molecule has 1 heterocycles. The second-order valence-electron chi connectivity index (χ2n) is 8.60. The van der Waals surface area contributed by atoms with Crippen LogP contribution in [0.3, 0.4) is 0 Å². The summed E-state index contributed by atoms with van der Waals surface area (Å²) < 4.78 is 0. The predicted molar refractivity (Wildman–Crippen MR) is 88.8 cm³/mol. The van der Waals surface area contributed by atoms with E-state index in [9.17, 15) is 0 Å². The van der Waals surface area contributed by atoms with Crippen molar-refractivity contribution < 1.29 is 0 Å². The summed E-state index contributed by atoms with van der Waals surface area (Å²) in [4.78, 5) is 6.70. The van der Waals surface area contributed by atoms with Gasteiger partial charge in [0, 0.05) is 10.9 Å². The smallest absolute Gasteiger partial charge is 0.113 e. The van der Waals surface area contributed by atoms with Gasteiger partial charge in [-0.25, -0.2) is 4.98 Å². The van der Waals surface area contributed by atoms with Crippen LogP contribution in [0.5, 0.6) is 0 Å². The van der Waals surface area contributed by atoms with E-state index in [1.165, 1.54) is 62.1 Å². The summed E-state index contributed by atoms with van der Waals surface area (Å²) in [6, 6.07) is 0.754. The van der Waals surface area contributed by atoms with Crippen molar-refractivity contribution in [3.63, 3.8) is 0 Å². The van der Waals surface area contributed by atoms with Gasteiger partial charge < -0.3 is 5.32 Å². The van der Waals surface area contributed by atoms with E-state index in [1.807, 2.05) is 11.3 Å². The first-order chi connectivity index (χ1) is 9.96. The summed E-state index contributed by atoms with van der Waals surface area (Å²) in [5.74, 6) is 0.791. The number of hydrogen-bond donors (Lipinski definition) is 1. The van der Waals surface area contributed by atoms with Crippen LogP contribution in [0.4, 0.5) is 0 Å². The van der Waals surface area contributed by atoms with Gasteiger partial charge in [-0.3, -0.25) is 0 Å². The number of fused-ring (bicyclic) bond motifs is 1. The quantitative estimate of drug-likeness (QED) is 0.894. The van der Waals surface area contributed by atoms with Gasteiger partial charge in [-0.15, -0.1) is 11.3 Å². The first kappa shape index (κ1) is 14.2. The molecule has 0 bridgehead atoms. The maximum absolute atomic E-state index is 5.12. The minimum absolute atomic E-state index is 0.164. The highest BCUT2D eigenvalue weighted by Gasteiger charge is 2.48. The lowest BCUT2D eigenvalue weighted by Crippen LogP contribution is -2.51. The van der Waals surface area contributed by atoms with Crippen molar-refractivity contribution in [1.82, 2.24) is 10.3 Å². The Bertz CT molecular complexity index is 518. The van der Waals surface area contributed by atoms with Crippen molar-refractivity contribution in [3.8, 4) is 0 Å². The molecule has 2 unspecified atom stereocenters. The minimum Gasteiger partial charge on any atom is -0.303 e. The van der Waals surface area contributed by atoms with Crippen LogP contribution in [0.25, 0.3) is 0 Å². The molecule has 0 spiro atoms. The van der Waals surface area contributed by atoms with Crippen molar-refractivity contribution in [1.29, 1.82) is 0 Å². The molecule has 3 aliphatic rings. The second-order valence-corrected chi connectivity index (χ2v) is 9.68. The van der Waals surface area contributed by atoms with Crippen LogP contribution in [0.1, 0.15) is 74.9 Å². The summed E-state index contributed by atoms with van der Waals surface area (Å²) in [6.45, 7) is 7.34. The van der Waals surface area contributed by atoms with Gasteiger partial charge in [0.2, 0.25) is 0 Å². The molecule has 2 fully saturated rings. The van der Waals surface area contributed by atoms with Crippen LogP contribution in [-0.4, -0.2) is 11.0 Å². The summed E-state index contributed by atoms with van der Waals surface area (Å²) >= 11 is 2.03. The lowest BCUT2D eigenvalue weighted by atomic mass is 9.64. The third kappa shape index (κ3) is 2.68. The van der Waals surface area contributed by atoms with Crippen LogP contribution in [0.15, 0.2) is 0 Å². The molecule has 116 valence electrons. The number of nitrogens with zero attached hydrogens (tertiary/aromatic N) is 1. The van der Waals surface area contributed by atoms with Crippen LogP contribution in [0, 0.1) is 11.3 Å². The van der Waals surface area contributed by atoms with Crippen molar-refractivity contribution in [2.24, 2.45) is 11.3 Å². The molecule has 0 aromatic carbocycles. The molecule has 2 saturated carbocycles. The Morgan fingerprint density at radius 3 is 2.67 bits per heavy atom. The van der Waals surface area contributed by atoms with Gasteiger partial charge in [0.05, 0.1) is 11.2 Å². The Morgan fingerprint density at radius 1 is 1.19 bits per heavy atom. The van der Waals surface area contributed by atoms with Gasteiger partial charge in [-0.2, -0.15) is 0 Å². The molecular weight excluding hydrogens is 276 g/mol. The zero-order valence-electron chi connectivity index (χ0n) is 13.7. The molecule has 0 saturated heterocycles. The van der Waals surface area contributed by atoms with Gasteiger partial charge in [-0.1, -0.05) is 20.8 Å². The Labute approximate surface area is 132 Å². The van der Waals surface area contributed by atoms with E-state index in [-0.39, 0.29) is 5.54 Å². The molecule has 3 heteroatoms. The summed E-state index contributed by atoms with van der Waals surface area (Å²) in [5, 5.41) is 5.46. The van der Waals surface area contributed by atoms with Gasteiger partial charge in [0.15, 0.2) is 0 Å². The van der Waals surface area contributed by atoms with E-state index in [2.05, 4.69) is 26.1 Å². The van der Waals surface area contributed by atoms with Crippen LogP contribution in [-0.2, 0) is 18.4 Å². The van der Waals surface area contributed by atoms with Crippen LogP contribution >= 0.6 is 11.3 Å². The van der Waals surface area contributed by atoms with Gasteiger partial charge >= 0.3 is 0 Å². The third-order valence-electron chi connectivity index (χ3n) is 5.44. The average molecular weight is 305 g/mol. The van der Waals surface area contributed by atoms with Crippen LogP contribution in [0.2, 0.25) is 0 Å². The number of thiazole rings is 1. The highest BCUT2D eigenvalue weighted by Crippen LogP contribution is 2.51. The largest absolute Gasteiger partial charge is 0.303 e. The zero-order valence-corrected chi connectivity index (χ0v) is 14.5. The normalized spacial score (nSPS) is 34.9. The first-order valence-electron chi connectivity index (χ1n) is 8.73. The van der Waals surface area contributed by atoms with Gasteiger partial charge in [0.1, 0.15) is 5.01 Å². The monoisotopic (exact) mass is 304 g/mol. The lowest BCUT2D eigenvalue weighted by Gasteiger charge is -2.47. The van der Waals surface area contributed by atoms with E-state index in [1.54, 1.807) is 4.88 Å². The number of nitrogens with one attached hydrogen (secondary N) is 1. The first-order valence-corrected chi connectivity index (χ1v) is 9.54. The molecule has 1 aromatic heterocycles. The topological polar surface area (TPSA) is 24.9 Å². The fourth-order valence-corrected chi connectivity index (χ4v) is 6.23. The molecule has 3 aliphatic carbocycles. The Hall–Kier alpha value is -0.410. The fraction of sp³-hybridized carbons (Fsp3) is 0.833. The predicted octanol–water partition coefficient (Wildman–Crippen LogP) is 4.43. The average Bonchev–Trinajstić information content (AvgIpc) is 2.89. The minimum atomic E-state index is 0.164. The summed E-state index contributed by atoms with van der Waals surface area (Å²) in [5.41, 5.74) is 2.01. The third-order valence-corrected chi connectivity index (χ3v) is 6.80. The number of aryl methyl sites for hydroxylation is 2. The highest BCUT2D eigenvalue weighted by atomic mass is 32.1. The van der Waals surface area contributed by atoms with Crippen molar-refractivity contribution >= 4 is 11.3 Å². The number of hydrogen-bond acceptors (Lipinski definition) is 3. The standard InChI is InChI=1S/C18H28N2S/c1-12-9-17(2,3)11-18(10-12,20-13-7-8-13)16-19-14-5-4-6-15(14)21-16/h12-13,20H,4-11H2,1-3H3. The maximum atomic E-state index is 5.12. The molecule has 4 rings (SSSR count). The molecule has 1 N–H and O–H groups in total. The van der Waals surface area contributed by atoms with E-state index in [0.717, 1.165) is 12.0 Å². The summed E-state index contributed by atoms with van der Waals surface area (Å²) in [7, 11) is 0. The highest BCUT2D eigenvalue weighted by molar-refractivity contribution is 7.12. The molecule has 1 aromatic rings. The van der Waals surface area contributed by atoms with Gasteiger partial charge in [0.25, 0.3) is 0 Å². The summed E-state index contributed by atoms with van der Waals surface area (Å²) in [6.07, 6.45) is 10.4. The van der Waals surface area contributed by atoms with E-state index >= 15 is 0 Å². The van der Waals surface area contributed by atoms with E-state index < -0.39 is 0 Å². The van der Waals surface area contributed by atoms with Crippen molar-refractivity contribution in [2.75, 3.05) is 0 Å². The second kappa shape index (κ2) is 4.79. The Morgan fingerprint density at radius 2 is 2.00 bits per heavy atom. The lowest BCUT2D eigenvalue weighted by molar-refractivity contribution is 0.0777.